The lowest BCUT2D eigenvalue weighted by Crippen LogP contribution is -2.37. The largest absolute Gasteiger partial charge is 0.387 e. The van der Waals surface area contributed by atoms with E-state index in [1.54, 1.807) is 0 Å². The highest BCUT2D eigenvalue weighted by atomic mass is 16.3. The summed E-state index contributed by atoms with van der Waals surface area (Å²) in [5, 5.41) is 10.7. The Morgan fingerprint density at radius 2 is 1.96 bits per heavy atom. The summed E-state index contributed by atoms with van der Waals surface area (Å²) >= 11 is 0. The molecule has 25 heavy (non-hydrogen) atoms. The highest BCUT2D eigenvalue weighted by Gasteiger charge is 2.35. The minimum Gasteiger partial charge on any atom is -0.387 e. The van der Waals surface area contributed by atoms with Crippen LogP contribution in [0, 0.1) is 11.8 Å². The van der Waals surface area contributed by atoms with E-state index in [0.29, 0.717) is 5.91 Å². The molecule has 1 atom stereocenters. The number of carbonyl (C=O) groups is 1. The maximum Gasteiger partial charge on any atom is 0.230 e. The van der Waals surface area contributed by atoms with Crippen molar-refractivity contribution in [2.75, 3.05) is 31.1 Å². The van der Waals surface area contributed by atoms with Crippen LogP contribution in [0.4, 0.5) is 5.69 Å². The predicted octanol–water partition coefficient (Wildman–Crippen LogP) is 3.14. The summed E-state index contributed by atoms with van der Waals surface area (Å²) in [6.07, 6.45) is 6.16. The first kappa shape index (κ1) is 17.0. The monoisotopic (exact) mass is 342 g/mol. The first-order chi connectivity index (χ1) is 12.1. The Hall–Kier alpha value is -1.39. The van der Waals surface area contributed by atoms with Crippen molar-refractivity contribution >= 4 is 11.6 Å². The third-order valence-electron chi connectivity index (χ3n) is 6.11. The maximum atomic E-state index is 12.5. The van der Waals surface area contributed by atoms with Gasteiger partial charge in [0, 0.05) is 24.7 Å². The van der Waals surface area contributed by atoms with Crippen molar-refractivity contribution in [3.05, 3.63) is 29.3 Å². The van der Waals surface area contributed by atoms with Crippen LogP contribution in [0.1, 0.15) is 56.3 Å². The lowest BCUT2D eigenvalue weighted by molar-refractivity contribution is -0.119. The van der Waals surface area contributed by atoms with Crippen LogP contribution < -0.4 is 4.90 Å². The number of piperidine rings is 1. The molecule has 0 unspecified atom stereocenters. The zero-order valence-corrected chi connectivity index (χ0v) is 15.3. The van der Waals surface area contributed by atoms with Gasteiger partial charge in [-0.15, -0.1) is 0 Å². The van der Waals surface area contributed by atoms with Gasteiger partial charge in [0.25, 0.3) is 0 Å². The van der Waals surface area contributed by atoms with Crippen molar-refractivity contribution in [3.8, 4) is 0 Å². The molecule has 0 bridgehead atoms. The number of benzene rings is 1. The summed E-state index contributed by atoms with van der Waals surface area (Å²) in [6.45, 7) is 6.05. The van der Waals surface area contributed by atoms with Crippen molar-refractivity contribution in [2.24, 2.45) is 11.8 Å². The molecule has 2 fully saturated rings. The molecule has 1 aromatic carbocycles. The van der Waals surface area contributed by atoms with Crippen LogP contribution in [0.3, 0.4) is 0 Å². The van der Waals surface area contributed by atoms with Gasteiger partial charge in [0.2, 0.25) is 5.91 Å². The Morgan fingerprint density at radius 3 is 2.68 bits per heavy atom. The molecular weight excluding hydrogens is 312 g/mol. The first-order valence-electron chi connectivity index (χ1n) is 9.96. The van der Waals surface area contributed by atoms with E-state index in [0.717, 1.165) is 69.0 Å². The topological polar surface area (TPSA) is 43.8 Å². The van der Waals surface area contributed by atoms with E-state index in [1.165, 1.54) is 18.4 Å². The molecule has 1 saturated heterocycles. The summed E-state index contributed by atoms with van der Waals surface area (Å²) in [5.41, 5.74) is 3.30. The number of likely N-dealkylation sites (tertiary alicyclic amines) is 1. The second-order valence-electron chi connectivity index (χ2n) is 8.25. The molecule has 136 valence electrons. The fourth-order valence-corrected chi connectivity index (χ4v) is 4.20. The fraction of sp³-hybridized carbons (Fsp3) is 0.667. The average Bonchev–Trinajstić information content (AvgIpc) is 3.47. The number of rotatable bonds is 4. The van der Waals surface area contributed by atoms with Crippen molar-refractivity contribution in [1.29, 1.82) is 0 Å². The molecule has 1 saturated carbocycles. The number of aliphatic hydroxyl groups is 1. The molecule has 1 aromatic rings. The predicted molar refractivity (Wildman–Crippen MR) is 99.6 cm³/mol. The van der Waals surface area contributed by atoms with Crippen LogP contribution in [-0.4, -0.2) is 42.1 Å². The molecule has 0 aromatic heterocycles. The standard InChI is InChI=1S/C21H30N2O2/c1-15-8-11-22(12-9-15)14-20(24)18-6-7-19-17(13-18)3-2-10-23(19)21(25)16-4-5-16/h6-7,13,15-16,20,24H,2-5,8-12,14H2,1H3/t20-/m0/s1. The van der Waals surface area contributed by atoms with Gasteiger partial charge in [0.05, 0.1) is 6.10 Å². The number of carbonyl (C=O) groups excluding carboxylic acids is 1. The van der Waals surface area contributed by atoms with Gasteiger partial charge in [0.15, 0.2) is 0 Å². The number of β-amino-alcohol motifs (C(OH)–C–C–N with tert-alkyl or cyclic N) is 1. The van der Waals surface area contributed by atoms with Gasteiger partial charge in [-0.3, -0.25) is 4.79 Å². The van der Waals surface area contributed by atoms with Crippen LogP contribution in [0.5, 0.6) is 0 Å². The molecule has 0 spiro atoms. The fourth-order valence-electron chi connectivity index (χ4n) is 4.20. The van der Waals surface area contributed by atoms with Gasteiger partial charge in [-0.25, -0.2) is 0 Å². The SMILES string of the molecule is CC1CCN(C[C@H](O)c2ccc3c(c2)CCCN3C(=O)C2CC2)CC1. The zero-order valence-electron chi connectivity index (χ0n) is 15.3. The van der Waals surface area contributed by atoms with Crippen molar-refractivity contribution in [1.82, 2.24) is 4.90 Å². The minimum absolute atomic E-state index is 0.262. The second-order valence-corrected chi connectivity index (χ2v) is 8.25. The zero-order chi connectivity index (χ0) is 17.4. The summed E-state index contributed by atoms with van der Waals surface area (Å²) < 4.78 is 0. The van der Waals surface area contributed by atoms with Crippen LogP contribution >= 0.6 is 0 Å². The molecule has 2 aliphatic heterocycles. The third-order valence-corrected chi connectivity index (χ3v) is 6.11. The van der Waals surface area contributed by atoms with E-state index in [1.807, 2.05) is 11.0 Å². The van der Waals surface area contributed by atoms with Gasteiger partial charge in [-0.2, -0.15) is 0 Å². The van der Waals surface area contributed by atoms with Crippen LogP contribution in [0.25, 0.3) is 0 Å². The third kappa shape index (κ3) is 3.75. The second kappa shape index (κ2) is 7.08. The number of anilines is 1. The normalized spacial score (nSPS) is 23.4. The smallest absolute Gasteiger partial charge is 0.230 e. The molecule has 1 N–H and O–H groups in total. The van der Waals surface area contributed by atoms with E-state index in [9.17, 15) is 9.90 Å². The lowest BCUT2D eigenvalue weighted by atomic mass is 9.95. The quantitative estimate of drug-likeness (QED) is 0.914. The highest BCUT2D eigenvalue weighted by molar-refractivity contribution is 5.97. The van der Waals surface area contributed by atoms with Crippen LogP contribution in [0.2, 0.25) is 0 Å². The molecule has 3 aliphatic rings. The van der Waals surface area contributed by atoms with Crippen molar-refractivity contribution in [2.45, 2.75) is 51.6 Å². The highest BCUT2D eigenvalue weighted by Crippen LogP contribution is 2.36. The Morgan fingerprint density at radius 1 is 1.20 bits per heavy atom. The van der Waals surface area contributed by atoms with Gasteiger partial charge < -0.3 is 14.9 Å². The van der Waals surface area contributed by atoms with E-state index < -0.39 is 6.10 Å². The van der Waals surface area contributed by atoms with E-state index >= 15 is 0 Å². The summed E-state index contributed by atoms with van der Waals surface area (Å²) in [5.74, 6) is 1.38. The maximum absolute atomic E-state index is 12.5. The minimum atomic E-state index is -0.437. The number of hydrogen-bond donors (Lipinski definition) is 1. The van der Waals surface area contributed by atoms with Crippen LogP contribution in [0.15, 0.2) is 18.2 Å². The lowest BCUT2D eigenvalue weighted by Gasteiger charge is -2.33. The summed E-state index contributed by atoms with van der Waals surface area (Å²) in [4.78, 5) is 16.9. The number of fused-ring (bicyclic) bond motifs is 1. The van der Waals surface area contributed by atoms with Gasteiger partial charge in [-0.1, -0.05) is 19.1 Å². The molecule has 4 rings (SSSR count). The van der Waals surface area contributed by atoms with Gasteiger partial charge in [-0.05, 0) is 74.7 Å². The molecule has 1 aliphatic carbocycles. The van der Waals surface area contributed by atoms with Gasteiger partial charge in [0.1, 0.15) is 0 Å². The molecule has 4 heteroatoms. The molecule has 0 radical (unpaired) electrons. The van der Waals surface area contributed by atoms with Crippen molar-refractivity contribution < 1.29 is 9.90 Å². The number of amides is 1. The molecular formula is C21H30N2O2. The number of aliphatic hydroxyl groups excluding tert-OH is 1. The van der Waals surface area contributed by atoms with E-state index in [2.05, 4.69) is 24.0 Å². The number of nitrogens with zero attached hydrogens (tertiary/aromatic N) is 2. The number of hydrogen-bond acceptors (Lipinski definition) is 3. The molecule has 4 nitrogen and oxygen atoms in total. The Kier molecular flexibility index (Phi) is 4.83. The Bertz CT molecular complexity index is 633. The van der Waals surface area contributed by atoms with E-state index in [-0.39, 0.29) is 5.92 Å². The van der Waals surface area contributed by atoms with Crippen LogP contribution in [-0.2, 0) is 11.2 Å². The summed E-state index contributed by atoms with van der Waals surface area (Å²) in [6, 6.07) is 6.22. The Balaban J connectivity index is 1.45. The van der Waals surface area contributed by atoms with Gasteiger partial charge >= 0.3 is 0 Å². The Labute approximate surface area is 150 Å². The number of aryl methyl sites for hydroxylation is 1. The van der Waals surface area contributed by atoms with Crippen molar-refractivity contribution in [3.63, 3.8) is 0 Å². The molecule has 1 amide bonds. The summed E-state index contributed by atoms with van der Waals surface area (Å²) in [7, 11) is 0. The van der Waals surface area contributed by atoms with E-state index in [4.69, 9.17) is 0 Å². The first-order valence-corrected chi connectivity index (χ1v) is 9.96. The molecule has 2 heterocycles. The average molecular weight is 342 g/mol.